The second-order valence-electron chi connectivity index (χ2n) is 6.35. The van der Waals surface area contributed by atoms with E-state index in [9.17, 15) is 30.2 Å². The van der Waals surface area contributed by atoms with E-state index in [0.29, 0.717) is 0 Å². The smallest absolute Gasteiger partial charge is 0.271 e. The summed E-state index contributed by atoms with van der Waals surface area (Å²) in [5.74, 6) is -2.19. The molecule has 9 nitrogen and oxygen atoms in total. The maximum absolute atomic E-state index is 12.2. The lowest BCUT2D eigenvalue weighted by molar-refractivity contribution is -0.384. The number of benzene rings is 1. The lowest BCUT2D eigenvalue weighted by atomic mass is 9.72. The molecule has 28 heavy (non-hydrogen) atoms. The van der Waals surface area contributed by atoms with Crippen molar-refractivity contribution in [3.63, 3.8) is 0 Å². The van der Waals surface area contributed by atoms with Crippen LogP contribution < -0.4 is 10.6 Å². The average molecular weight is 420 g/mol. The molecular formula is C17H14ClN5O4S. The molecule has 1 atom stereocenters. The van der Waals surface area contributed by atoms with Crippen molar-refractivity contribution < 1.29 is 14.5 Å². The van der Waals surface area contributed by atoms with Crippen LogP contribution in [0.5, 0.6) is 0 Å². The van der Waals surface area contributed by atoms with E-state index in [1.807, 2.05) is 12.1 Å². The quantitative estimate of drug-likeness (QED) is 0.550. The summed E-state index contributed by atoms with van der Waals surface area (Å²) in [6, 6.07) is 7.54. The summed E-state index contributed by atoms with van der Waals surface area (Å²) in [5.41, 5.74) is -0.790. The Bertz CT molecular complexity index is 977. The van der Waals surface area contributed by atoms with E-state index in [1.54, 1.807) is 13.8 Å². The fraction of sp³-hybridized carbons (Fsp3) is 0.294. The third kappa shape index (κ3) is 4.25. The summed E-state index contributed by atoms with van der Waals surface area (Å²) in [5, 5.41) is 34.6. The number of nitro groups is 1. The van der Waals surface area contributed by atoms with Gasteiger partial charge in [-0.2, -0.15) is 10.5 Å². The average Bonchev–Trinajstić information content (AvgIpc) is 2.61. The first-order valence-electron chi connectivity index (χ1n) is 7.83. The van der Waals surface area contributed by atoms with Gasteiger partial charge < -0.3 is 10.6 Å². The van der Waals surface area contributed by atoms with Crippen molar-refractivity contribution in [2.75, 3.05) is 11.1 Å². The highest BCUT2D eigenvalue weighted by atomic mass is 35.5. The highest BCUT2D eigenvalue weighted by Crippen LogP contribution is 2.41. The first-order valence-corrected chi connectivity index (χ1v) is 9.20. The number of carbonyl (C=O) groups excluding carboxylic acids is 2. The molecule has 1 unspecified atom stereocenters. The molecule has 0 saturated heterocycles. The third-order valence-corrected chi connectivity index (χ3v) is 5.43. The van der Waals surface area contributed by atoms with Gasteiger partial charge in [-0.25, -0.2) is 0 Å². The van der Waals surface area contributed by atoms with Crippen molar-refractivity contribution in [2.24, 2.45) is 11.3 Å². The monoisotopic (exact) mass is 419 g/mol. The minimum absolute atomic E-state index is 0.00782. The van der Waals surface area contributed by atoms with E-state index in [4.69, 9.17) is 11.6 Å². The maximum atomic E-state index is 12.2. The Hall–Kier alpha value is -3.08. The first-order chi connectivity index (χ1) is 13.1. The SMILES string of the molecule is CC1(C)C(C#N)=C(SCC(=O)Nc2ccc([N+](=O)[O-])cc2Cl)NC(=O)C1C#N. The summed E-state index contributed by atoms with van der Waals surface area (Å²) in [6.07, 6.45) is 0. The second-order valence-corrected chi connectivity index (χ2v) is 7.74. The summed E-state index contributed by atoms with van der Waals surface area (Å²) >= 11 is 6.88. The standard InChI is InChI=1S/C17H14ClN5O4S/c1-17(2)10(6-19)15(25)22-16(11(17)7-20)28-8-14(24)21-13-4-3-9(23(26)27)5-12(13)18/h3-5,10H,8H2,1-2H3,(H,21,24)(H,22,25). The van der Waals surface area contributed by atoms with Gasteiger partial charge in [0.05, 0.1) is 44.1 Å². The van der Waals surface area contributed by atoms with Gasteiger partial charge in [-0.05, 0) is 6.07 Å². The van der Waals surface area contributed by atoms with Crippen molar-refractivity contribution in [1.82, 2.24) is 5.32 Å². The Labute approximate surface area is 169 Å². The number of non-ortho nitro benzene ring substituents is 1. The van der Waals surface area contributed by atoms with Gasteiger partial charge >= 0.3 is 0 Å². The highest BCUT2D eigenvalue weighted by molar-refractivity contribution is 8.03. The number of rotatable bonds is 5. The molecule has 1 aromatic carbocycles. The molecular weight excluding hydrogens is 406 g/mol. The molecule has 0 spiro atoms. The maximum Gasteiger partial charge on any atom is 0.271 e. The van der Waals surface area contributed by atoms with Gasteiger partial charge in [-0.1, -0.05) is 37.2 Å². The Balaban J connectivity index is 2.13. The van der Waals surface area contributed by atoms with Gasteiger partial charge in [-0.15, -0.1) is 0 Å². The molecule has 2 amide bonds. The minimum atomic E-state index is -1.01. The number of anilines is 1. The lowest BCUT2D eigenvalue weighted by Gasteiger charge is -2.34. The van der Waals surface area contributed by atoms with Crippen LogP contribution in [0.1, 0.15) is 13.8 Å². The second kappa shape index (κ2) is 8.30. The predicted molar refractivity (Wildman–Crippen MR) is 103 cm³/mol. The van der Waals surface area contributed by atoms with Crippen molar-refractivity contribution in [1.29, 1.82) is 10.5 Å². The fourth-order valence-electron chi connectivity index (χ4n) is 2.58. The summed E-state index contributed by atoms with van der Waals surface area (Å²) in [6.45, 7) is 3.24. The molecule has 0 fully saturated rings. The van der Waals surface area contributed by atoms with Crippen molar-refractivity contribution in [2.45, 2.75) is 13.8 Å². The summed E-state index contributed by atoms with van der Waals surface area (Å²) in [7, 11) is 0. The lowest BCUT2D eigenvalue weighted by Crippen LogP contribution is -2.44. The van der Waals surface area contributed by atoms with E-state index < -0.39 is 28.1 Å². The number of hydrogen-bond acceptors (Lipinski definition) is 7. The number of nitrogens with one attached hydrogen (secondary N) is 2. The number of nitro benzene ring substituents is 1. The molecule has 0 bridgehead atoms. The molecule has 1 aromatic rings. The van der Waals surface area contributed by atoms with E-state index in [-0.39, 0.29) is 32.8 Å². The molecule has 2 N–H and O–H groups in total. The van der Waals surface area contributed by atoms with Gasteiger partial charge in [0.25, 0.3) is 5.69 Å². The van der Waals surface area contributed by atoms with E-state index in [0.717, 1.165) is 17.8 Å². The van der Waals surface area contributed by atoms with Crippen LogP contribution in [0, 0.1) is 44.1 Å². The predicted octanol–water partition coefficient (Wildman–Crippen LogP) is 2.95. The summed E-state index contributed by atoms with van der Waals surface area (Å²) < 4.78 is 0. The largest absolute Gasteiger partial charge is 0.324 e. The normalized spacial score (nSPS) is 17.9. The van der Waals surface area contributed by atoms with Gasteiger partial charge in [-0.3, -0.25) is 19.7 Å². The van der Waals surface area contributed by atoms with Gasteiger partial charge in [0.2, 0.25) is 11.8 Å². The summed E-state index contributed by atoms with van der Waals surface area (Å²) in [4.78, 5) is 34.4. The van der Waals surface area contributed by atoms with Crippen LogP contribution in [0.4, 0.5) is 11.4 Å². The van der Waals surface area contributed by atoms with E-state index >= 15 is 0 Å². The van der Waals surface area contributed by atoms with Crippen LogP contribution in [0.3, 0.4) is 0 Å². The minimum Gasteiger partial charge on any atom is -0.324 e. The van der Waals surface area contributed by atoms with Crippen LogP contribution in [-0.4, -0.2) is 22.5 Å². The molecule has 0 aromatic heterocycles. The van der Waals surface area contributed by atoms with E-state index in [2.05, 4.69) is 10.6 Å². The molecule has 2 rings (SSSR count). The molecule has 11 heteroatoms. The number of hydrogen-bond donors (Lipinski definition) is 2. The Morgan fingerprint density at radius 2 is 2.14 bits per heavy atom. The zero-order valence-corrected chi connectivity index (χ0v) is 16.3. The zero-order valence-electron chi connectivity index (χ0n) is 14.8. The van der Waals surface area contributed by atoms with Gasteiger partial charge in [0.1, 0.15) is 5.92 Å². The molecule has 144 valence electrons. The molecule has 0 saturated carbocycles. The number of thioether (sulfide) groups is 1. The van der Waals surface area contributed by atoms with Crippen LogP contribution in [-0.2, 0) is 9.59 Å². The van der Waals surface area contributed by atoms with Crippen molar-refractivity contribution in [3.8, 4) is 12.1 Å². The van der Waals surface area contributed by atoms with Gasteiger partial charge in [0, 0.05) is 17.5 Å². The van der Waals surface area contributed by atoms with Crippen molar-refractivity contribution >= 4 is 46.6 Å². The molecule has 0 aliphatic carbocycles. The first kappa shape index (κ1) is 21.2. The van der Waals surface area contributed by atoms with Crippen molar-refractivity contribution in [3.05, 3.63) is 43.9 Å². The number of amides is 2. The van der Waals surface area contributed by atoms with Crippen LogP contribution >= 0.6 is 23.4 Å². The molecule has 1 heterocycles. The number of halogens is 1. The Morgan fingerprint density at radius 1 is 1.46 bits per heavy atom. The van der Waals surface area contributed by atoms with Crippen LogP contribution in [0.15, 0.2) is 28.8 Å². The number of allylic oxidation sites excluding steroid dienone is 1. The van der Waals surface area contributed by atoms with Gasteiger partial charge in [0.15, 0.2) is 0 Å². The molecule has 1 aliphatic rings. The number of nitrogens with zero attached hydrogens (tertiary/aromatic N) is 3. The zero-order chi connectivity index (χ0) is 21.1. The Kier molecular flexibility index (Phi) is 6.29. The fourth-order valence-corrected chi connectivity index (χ4v) is 3.77. The molecule has 1 aliphatic heterocycles. The number of nitriles is 2. The third-order valence-electron chi connectivity index (χ3n) is 4.12. The van der Waals surface area contributed by atoms with E-state index in [1.165, 1.54) is 12.1 Å². The molecule has 0 radical (unpaired) electrons. The topological polar surface area (TPSA) is 149 Å². The number of carbonyl (C=O) groups is 2. The van der Waals surface area contributed by atoms with Crippen LogP contribution in [0.25, 0.3) is 0 Å². The Morgan fingerprint density at radius 3 is 2.68 bits per heavy atom. The van der Waals surface area contributed by atoms with Crippen LogP contribution in [0.2, 0.25) is 5.02 Å². The highest BCUT2D eigenvalue weighted by Gasteiger charge is 2.44.